The number of pyridine rings is 1. The van der Waals surface area contributed by atoms with Gasteiger partial charge >= 0.3 is 6.09 Å². The van der Waals surface area contributed by atoms with Crippen molar-refractivity contribution in [3.05, 3.63) is 23.5 Å². The van der Waals surface area contributed by atoms with E-state index in [2.05, 4.69) is 44.5 Å². The second kappa shape index (κ2) is 8.65. The molecule has 27 heavy (non-hydrogen) atoms. The Morgan fingerprint density at radius 2 is 2.19 bits per heavy atom. The number of carbonyl (C=O) groups is 1. The third-order valence-electron chi connectivity index (χ3n) is 5.51. The molecule has 1 saturated heterocycles. The summed E-state index contributed by atoms with van der Waals surface area (Å²) >= 11 is 0. The summed E-state index contributed by atoms with van der Waals surface area (Å²) in [5.41, 5.74) is 0.838. The van der Waals surface area contributed by atoms with Gasteiger partial charge in [-0.25, -0.2) is 4.79 Å². The molecule has 1 aliphatic rings. The van der Waals surface area contributed by atoms with Crippen LogP contribution in [0.2, 0.25) is 0 Å². The molecule has 0 saturated carbocycles. The third kappa shape index (κ3) is 4.74. The molecule has 1 N–H and O–H groups in total. The zero-order chi connectivity index (χ0) is 20.1. The van der Waals surface area contributed by atoms with E-state index in [4.69, 9.17) is 4.74 Å². The topological polar surface area (TPSA) is 62.7 Å². The summed E-state index contributed by atoms with van der Waals surface area (Å²) in [7, 11) is 0. The number of rotatable bonds is 5. The highest BCUT2D eigenvalue weighted by atomic mass is 16.5. The SMILES string of the molecule is CCCCC#Cc1cnc(C)c(OC[C@]2(C(C)(C)C)CCCN2C(=O)O)c1. The third-order valence-corrected chi connectivity index (χ3v) is 5.51. The van der Waals surface area contributed by atoms with Gasteiger partial charge in [0.1, 0.15) is 12.4 Å². The normalized spacial score (nSPS) is 19.5. The van der Waals surface area contributed by atoms with Crippen molar-refractivity contribution in [1.29, 1.82) is 0 Å². The van der Waals surface area contributed by atoms with Crippen molar-refractivity contribution in [2.24, 2.45) is 5.41 Å². The minimum absolute atomic E-state index is 0.235. The average molecular weight is 373 g/mol. The van der Waals surface area contributed by atoms with Crippen LogP contribution in [-0.2, 0) is 0 Å². The summed E-state index contributed by atoms with van der Waals surface area (Å²) in [4.78, 5) is 17.8. The lowest BCUT2D eigenvalue weighted by molar-refractivity contribution is -0.00393. The van der Waals surface area contributed by atoms with Crippen molar-refractivity contribution in [2.45, 2.75) is 72.3 Å². The molecule has 0 aliphatic carbocycles. The van der Waals surface area contributed by atoms with Crippen molar-refractivity contribution < 1.29 is 14.6 Å². The summed E-state index contributed by atoms with van der Waals surface area (Å²) in [6.45, 7) is 11.2. The first-order valence-corrected chi connectivity index (χ1v) is 9.80. The number of ether oxygens (including phenoxy) is 1. The van der Waals surface area contributed by atoms with Crippen molar-refractivity contribution in [2.75, 3.05) is 13.2 Å². The maximum atomic E-state index is 11.8. The van der Waals surface area contributed by atoms with Crippen LogP contribution in [0, 0.1) is 24.2 Å². The van der Waals surface area contributed by atoms with E-state index in [1.54, 1.807) is 11.1 Å². The molecule has 5 nitrogen and oxygen atoms in total. The van der Waals surface area contributed by atoms with Crippen LogP contribution in [-0.4, -0.2) is 39.8 Å². The molecule has 1 amide bonds. The summed E-state index contributed by atoms with van der Waals surface area (Å²) in [6.07, 6.45) is 5.63. The Hall–Kier alpha value is -2.22. The van der Waals surface area contributed by atoms with E-state index in [-0.39, 0.29) is 5.41 Å². The Morgan fingerprint density at radius 3 is 2.81 bits per heavy atom. The summed E-state index contributed by atoms with van der Waals surface area (Å²) in [5.74, 6) is 6.99. The number of aromatic nitrogens is 1. The maximum Gasteiger partial charge on any atom is 0.407 e. The van der Waals surface area contributed by atoms with Crippen LogP contribution in [0.25, 0.3) is 0 Å². The molecule has 1 aliphatic heterocycles. The highest BCUT2D eigenvalue weighted by molar-refractivity contribution is 5.67. The number of likely N-dealkylation sites (tertiary alicyclic amines) is 1. The van der Waals surface area contributed by atoms with E-state index in [1.165, 1.54) is 0 Å². The van der Waals surface area contributed by atoms with Crippen LogP contribution in [0.3, 0.4) is 0 Å². The van der Waals surface area contributed by atoms with Gasteiger partial charge in [-0.05, 0) is 37.7 Å². The zero-order valence-electron chi connectivity index (χ0n) is 17.3. The van der Waals surface area contributed by atoms with Gasteiger partial charge in [0.15, 0.2) is 0 Å². The molecule has 2 rings (SSSR count). The second-order valence-corrected chi connectivity index (χ2v) is 8.32. The van der Waals surface area contributed by atoms with E-state index >= 15 is 0 Å². The molecular weight excluding hydrogens is 340 g/mol. The first-order valence-electron chi connectivity index (χ1n) is 9.80. The number of aryl methyl sites for hydroxylation is 1. The fraction of sp³-hybridized carbons (Fsp3) is 0.636. The molecule has 1 aromatic heterocycles. The monoisotopic (exact) mass is 372 g/mol. The first kappa shape index (κ1) is 21.1. The molecule has 0 radical (unpaired) electrons. The molecule has 0 spiro atoms. The largest absolute Gasteiger partial charge is 0.489 e. The Kier molecular flexibility index (Phi) is 6.75. The van der Waals surface area contributed by atoms with Crippen LogP contribution < -0.4 is 4.74 Å². The number of unbranched alkanes of at least 4 members (excludes halogenated alkanes) is 2. The molecule has 0 aromatic carbocycles. The lowest BCUT2D eigenvalue weighted by Crippen LogP contribution is -2.58. The molecule has 1 aromatic rings. The minimum Gasteiger partial charge on any atom is -0.489 e. The quantitative estimate of drug-likeness (QED) is 0.592. The second-order valence-electron chi connectivity index (χ2n) is 8.32. The van der Waals surface area contributed by atoms with Gasteiger partial charge in [-0.1, -0.05) is 46.0 Å². The van der Waals surface area contributed by atoms with Crippen LogP contribution in [0.1, 0.15) is 71.1 Å². The fourth-order valence-corrected chi connectivity index (χ4v) is 3.66. The Labute approximate surface area is 163 Å². The molecule has 0 unspecified atom stereocenters. The van der Waals surface area contributed by atoms with E-state index in [0.717, 1.165) is 43.4 Å². The van der Waals surface area contributed by atoms with Crippen LogP contribution in [0.15, 0.2) is 12.3 Å². The molecule has 5 heteroatoms. The van der Waals surface area contributed by atoms with Crippen LogP contribution in [0.4, 0.5) is 4.79 Å². The van der Waals surface area contributed by atoms with E-state index in [1.807, 2.05) is 13.0 Å². The van der Waals surface area contributed by atoms with Gasteiger partial charge < -0.3 is 9.84 Å². The number of carboxylic acid groups (broad SMARTS) is 1. The van der Waals surface area contributed by atoms with Gasteiger partial charge in [-0.3, -0.25) is 9.88 Å². The van der Waals surface area contributed by atoms with Crippen molar-refractivity contribution >= 4 is 6.09 Å². The Morgan fingerprint density at radius 1 is 1.44 bits per heavy atom. The molecule has 1 fully saturated rings. The van der Waals surface area contributed by atoms with Crippen molar-refractivity contribution in [3.63, 3.8) is 0 Å². The van der Waals surface area contributed by atoms with Crippen LogP contribution >= 0.6 is 0 Å². The van der Waals surface area contributed by atoms with Crippen molar-refractivity contribution in [3.8, 4) is 17.6 Å². The van der Waals surface area contributed by atoms with Gasteiger partial charge in [-0.2, -0.15) is 0 Å². The van der Waals surface area contributed by atoms with Crippen molar-refractivity contribution in [1.82, 2.24) is 9.88 Å². The smallest absolute Gasteiger partial charge is 0.407 e. The number of nitrogens with zero attached hydrogens (tertiary/aromatic N) is 2. The first-order chi connectivity index (χ1) is 12.7. The molecule has 1 atom stereocenters. The van der Waals surface area contributed by atoms with E-state index in [0.29, 0.717) is 18.9 Å². The molecule has 2 heterocycles. The number of hydrogen-bond acceptors (Lipinski definition) is 3. The summed E-state index contributed by atoms with van der Waals surface area (Å²) in [6, 6.07) is 1.91. The van der Waals surface area contributed by atoms with E-state index in [9.17, 15) is 9.90 Å². The zero-order valence-corrected chi connectivity index (χ0v) is 17.3. The highest BCUT2D eigenvalue weighted by Gasteiger charge is 2.52. The van der Waals surface area contributed by atoms with Gasteiger partial charge in [0, 0.05) is 24.7 Å². The fourth-order valence-electron chi connectivity index (χ4n) is 3.66. The van der Waals surface area contributed by atoms with E-state index < -0.39 is 11.6 Å². The predicted molar refractivity (Wildman–Crippen MR) is 107 cm³/mol. The molecule has 148 valence electrons. The highest BCUT2D eigenvalue weighted by Crippen LogP contribution is 2.44. The summed E-state index contributed by atoms with van der Waals surface area (Å²) < 4.78 is 6.16. The predicted octanol–water partition coefficient (Wildman–Crippen LogP) is 4.87. The van der Waals surface area contributed by atoms with Gasteiger partial charge in [0.05, 0.1) is 11.2 Å². The van der Waals surface area contributed by atoms with Gasteiger partial charge in [0.2, 0.25) is 0 Å². The lowest BCUT2D eigenvalue weighted by atomic mass is 9.72. The maximum absolute atomic E-state index is 11.8. The standard InChI is InChI=1S/C22H32N2O3/c1-6-7-8-9-11-18-14-19(17(2)23-15-18)27-16-22(21(3,4)5)12-10-13-24(22)20(25)26/h14-15H,6-8,10,12-13,16H2,1-5H3,(H,25,26)/t22-/m0/s1. The Balaban J connectivity index is 2.22. The number of amides is 1. The van der Waals surface area contributed by atoms with Gasteiger partial charge in [0.25, 0.3) is 0 Å². The molecule has 0 bridgehead atoms. The van der Waals surface area contributed by atoms with Crippen LogP contribution in [0.5, 0.6) is 5.75 Å². The van der Waals surface area contributed by atoms with Gasteiger partial charge in [-0.15, -0.1) is 0 Å². The minimum atomic E-state index is -0.878. The summed E-state index contributed by atoms with van der Waals surface area (Å²) in [5, 5.41) is 9.69. The average Bonchev–Trinajstić information content (AvgIpc) is 3.04. The Bertz CT molecular complexity index is 727. The number of hydrogen-bond donors (Lipinski definition) is 1. The molecular formula is C22H32N2O3. The lowest BCUT2D eigenvalue weighted by Gasteiger charge is -2.46.